The van der Waals surface area contributed by atoms with Crippen LogP contribution in [0, 0.1) is 5.41 Å². The number of hydrogen-bond donors (Lipinski definition) is 1. The number of nitrogens with zero attached hydrogens (tertiary/aromatic N) is 3. The highest BCUT2D eigenvalue weighted by atomic mass is 16.5. The molecule has 0 aromatic heterocycles. The average Bonchev–Trinajstić information content (AvgIpc) is 3.29. The lowest BCUT2D eigenvalue weighted by Gasteiger charge is -2.28. The molecule has 2 unspecified atom stereocenters. The molecule has 0 aromatic rings. The van der Waals surface area contributed by atoms with Crippen molar-refractivity contribution < 1.29 is 9.47 Å². The van der Waals surface area contributed by atoms with Crippen LogP contribution in [0.15, 0.2) is 4.99 Å². The topological polar surface area (TPSA) is 49.3 Å². The summed E-state index contributed by atoms with van der Waals surface area (Å²) in [4.78, 5) is 9.48. The van der Waals surface area contributed by atoms with Gasteiger partial charge in [0.25, 0.3) is 0 Å². The second-order valence-electron chi connectivity index (χ2n) is 7.23. The van der Waals surface area contributed by atoms with E-state index in [1.54, 1.807) is 7.11 Å². The van der Waals surface area contributed by atoms with Gasteiger partial charge in [-0.15, -0.1) is 0 Å². The molecule has 0 radical (unpaired) electrons. The Hall–Kier alpha value is -0.850. The van der Waals surface area contributed by atoms with Crippen molar-refractivity contribution in [3.8, 4) is 0 Å². The molecular formula is C17H32N4O2. The molecule has 3 saturated heterocycles. The quantitative estimate of drug-likeness (QED) is 0.598. The number of likely N-dealkylation sites (tertiary alicyclic amines) is 2. The molecule has 1 spiro atoms. The Labute approximate surface area is 140 Å². The zero-order valence-corrected chi connectivity index (χ0v) is 14.7. The lowest BCUT2D eigenvalue weighted by molar-refractivity contribution is 0.141. The van der Waals surface area contributed by atoms with E-state index >= 15 is 0 Å². The van der Waals surface area contributed by atoms with Crippen LogP contribution < -0.4 is 5.32 Å². The molecule has 6 nitrogen and oxygen atoms in total. The van der Waals surface area contributed by atoms with E-state index in [2.05, 4.69) is 20.1 Å². The van der Waals surface area contributed by atoms with E-state index in [-0.39, 0.29) is 0 Å². The van der Waals surface area contributed by atoms with Crippen LogP contribution >= 0.6 is 0 Å². The third-order valence-corrected chi connectivity index (χ3v) is 5.71. The summed E-state index contributed by atoms with van der Waals surface area (Å²) >= 11 is 0. The molecule has 3 aliphatic rings. The normalized spacial score (nSPS) is 32.3. The fourth-order valence-corrected chi connectivity index (χ4v) is 4.26. The van der Waals surface area contributed by atoms with Crippen LogP contribution in [0.3, 0.4) is 0 Å². The van der Waals surface area contributed by atoms with Crippen LogP contribution in [-0.2, 0) is 9.47 Å². The van der Waals surface area contributed by atoms with E-state index in [0.717, 1.165) is 52.0 Å². The van der Waals surface area contributed by atoms with Crippen LogP contribution in [0.2, 0.25) is 0 Å². The third kappa shape index (κ3) is 3.98. The maximum Gasteiger partial charge on any atom is 0.193 e. The van der Waals surface area contributed by atoms with Gasteiger partial charge in [0.1, 0.15) is 0 Å². The molecule has 2 atom stereocenters. The number of hydrogen-bond acceptors (Lipinski definition) is 4. The summed E-state index contributed by atoms with van der Waals surface area (Å²) in [6, 6.07) is 0.605. The summed E-state index contributed by atoms with van der Waals surface area (Å²) < 4.78 is 10.9. The molecule has 3 aliphatic heterocycles. The van der Waals surface area contributed by atoms with Gasteiger partial charge in [0.05, 0.1) is 13.2 Å². The standard InChI is InChI=1S/C17H32N4O2/c1-18-16(21-8-5-17(13-21)6-10-23-14-17)19-12-15-4-3-7-20(15)9-11-22-2/h15H,3-14H2,1-2H3,(H,18,19). The van der Waals surface area contributed by atoms with Crippen molar-refractivity contribution in [2.75, 3.05) is 66.7 Å². The molecule has 3 heterocycles. The van der Waals surface area contributed by atoms with Gasteiger partial charge in [-0.25, -0.2) is 0 Å². The maximum absolute atomic E-state index is 5.63. The highest BCUT2D eigenvalue weighted by Crippen LogP contribution is 2.38. The highest BCUT2D eigenvalue weighted by Gasteiger charge is 2.42. The fraction of sp³-hybridized carbons (Fsp3) is 0.941. The first-order chi connectivity index (χ1) is 11.3. The number of rotatable bonds is 5. The van der Waals surface area contributed by atoms with Gasteiger partial charge in [-0.05, 0) is 32.2 Å². The zero-order chi connectivity index (χ0) is 16.1. The maximum atomic E-state index is 5.63. The summed E-state index contributed by atoms with van der Waals surface area (Å²) in [5.74, 6) is 1.06. The second kappa shape index (κ2) is 7.81. The SMILES string of the molecule is CN=C(NCC1CCCN1CCOC)N1CCC2(CCOC2)C1. The predicted molar refractivity (Wildman–Crippen MR) is 91.9 cm³/mol. The van der Waals surface area contributed by atoms with Crippen molar-refractivity contribution in [3.63, 3.8) is 0 Å². The summed E-state index contributed by atoms with van der Waals surface area (Å²) in [7, 11) is 3.68. The minimum Gasteiger partial charge on any atom is -0.383 e. The smallest absolute Gasteiger partial charge is 0.193 e. The van der Waals surface area contributed by atoms with Gasteiger partial charge in [0.2, 0.25) is 0 Å². The second-order valence-corrected chi connectivity index (χ2v) is 7.23. The Balaban J connectivity index is 1.48. The lowest BCUT2D eigenvalue weighted by atomic mass is 9.87. The number of nitrogens with one attached hydrogen (secondary N) is 1. The van der Waals surface area contributed by atoms with Crippen molar-refractivity contribution in [1.82, 2.24) is 15.1 Å². The van der Waals surface area contributed by atoms with Crippen LogP contribution in [0.25, 0.3) is 0 Å². The molecule has 0 aliphatic carbocycles. The van der Waals surface area contributed by atoms with Crippen LogP contribution in [0.5, 0.6) is 0 Å². The molecule has 3 rings (SSSR count). The first-order valence-electron chi connectivity index (χ1n) is 9.03. The summed E-state index contributed by atoms with van der Waals surface area (Å²) in [6.07, 6.45) is 5.00. The molecule has 3 fully saturated rings. The lowest BCUT2D eigenvalue weighted by Crippen LogP contribution is -2.47. The largest absolute Gasteiger partial charge is 0.383 e. The Morgan fingerprint density at radius 2 is 2.30 bits per heavy atom. The van der Waals surface area contributed by atoms with Gasteiger partial charge in [0, 0.05) is 58.4 Å². The fourth-order valence-electron chi connectivity index (χ4n) is 4.26. The number of aliphatic imine (C=N–C) groups is 1. The van der Waals surface area contributed by atoms with E-state index in [1.165, 1.54) is 32.2 Å². The molecule has 0 bridgehead atoms. The van der Waals surface area contributed by atoms with Crippen molar-refractivity contribution >= 4 is 5.96 Å². The zero-order valence-electron chi connectivity index (χ0n) is 14.7. The Morgan fingerprint density at radius 1 is 1.39 bits per heavy atom. The Morgan fingerprint density at radius 3 is 3.04 bits per heavy atom. The molecule has 1 N–H and O–H groups in total. The monoisotopic (exact) mass is 324 g/mol. The van der Waals surface area contributed by atoms with E-state index in [0.29, 0.717) is 11.5 Å². The Bertz CT molecular complexity index is 409. The van der Waals surface area contributed by atoms with Crippen molar-refractivity contribution in [2.24, 2.45) is 10.4 Å². The summed E-state index contributed by atoms with van der Waals surface area (Å²) in [5.41, 5.74) is 0.384. The van der Waals surface area contributed by atoms with Crippen LogP contribution in [0.4, 0.5) is 0 Å². The number of methoxy groups -OCH3 is 1. The van der Waals surface area contributed by atoms with Crippen molar-refractivity contribution in [1.29, 1.82) is 0 Å². The number of ether oxygens (including phenoxy) is 2. The first-order valence-corrected chi connectivity index (χ1v) is 9.03. The molecular weight excluding hydrogens is 292 g/mol. The minimum atomic E-state index is 0.384. The summed E-state index contributed by atoms with van der Waals surface area (Å²) in [5, 5.41) is 3.62. The van der Waals surface area contributed by atoms with Gasteiger partial charge in [-0.2, -0.15) is 0 Å². The molecule has 132 valence electrons. The van der Waals surface area contributed by atoms with Gasteiger partial charge >= 0.3 is 0 Å². The van der Waals surface area contributed by atoms with E-state index in [4.69, 9.17) is 9.47 Å². The third-order valence-electron chi connectivity index (χ3n) is 5.71. The summed E-state index contributed by atoms with van der Waals surface area (Å²) in [6.45, 7) is 8.07. The van der Waals surface area contributed by atoms with Crippen molar-refractivity contribution in [2.45, 2.75) is 31.7 Å². The van der Waals surface area contributed by atoms with Gasteiger partial charge in [-0.1, -0.05) is 0 Å². The molecule has 0 aromatic carbocycles. The van der Waals surface area contributed by atoms with Crippen LogP contribution in [0.1, 0.15) is 25.7 Å². The van der Waals surface area contributed by atoms with E-state index in [9.17, 15) is 0 Å². The van der Waals surface area contributed by atoms with Crippen LogP contribution in [-0.4, -0.2) is 88.5 Å². The van der Waals surface area contributed by atoms with Gasteiger partial charge < -0.3 is 19.7 Å². The predicted octanol–water partition coefficient (Wildman–Crippen LogP) is 0.785. The minimum absolute atomic E-state index is 0.384. The molecule has 6 heteroatoms. The van der Waals surface area contributed by atoms with Gasteiger partial charge in [-0.3, -0.25) is 9.89 Å². The Kier molecular flexibility index (Phi) is 5.77. The first kappa shape index (κ1) is 17.0. The average molecular weight is 324 g/mol. The number of guanidine groups is 1. The molecule has 23 heavy (non-hydrogen) atoms. The van der Waals surface area contributed by atoms with Gasteiger partial charge in [0.15, 0.2) is 5.96 Å². The van der Waals surface area contributed by atoms with E-state index < -0.39 is 0 Å². The molecule has 0 saturated carbocycles. The molecule has 0 amide bonds. The van der Waals surface area contributed by atoms with E-state index in [1.807, 2.05) is 7.05 Å². The van der Waals surface area contributed by atoms with Crippen molar-refractivity contribution in [3.05, 3.63) is 0 Å². The highest BCUT2D eigenvalue weighted by molar-refractivity contribution is 5.80.